The summed E-state index contributed by atoms with van der Waals surface area (Å²) in [7, 11) is 0. The molecule has 0 fully saturated rings. The highest BCUT2D eigenvalue weighted by Gasteiger charge is 2.28. The summed E-state index contributed by atoms with van der Waals surface area (Å²) in [6.45, 7) is 0. The topological polar surface area (TPSA) is 83.5 Å². The van der Waals surface area contributed by atoms with E-state index in [1.54, 1.807) is 42.5 Å². The van der Waals surface area contributed by atoms with E-state index in [-0.39, 0.29) is 5.56 Å². The molecule has 1 heterocycles. The summed E-state index contributed by atoms with van der Waals surface area (Å²) in [5.74, 6) is -1.82. The Hall–Kier alpha value is -3.21. The van der Waals surface area contributed by atoms with E-state index in [2.05, 4.69) is 5.32 Å². The number of nitrogens with one attached hydrogen (secondary N) is 1. The first-order valence-corrected chi connectivity index (χ1v) is 6.56. The van der Waals surface area contributed by atoms with Gasteiger partial charge in [0.15, 0.2) is 0 Å². The van der Waals surface area contributed by atoms with Crippen LogP contribution >= 0.6 is 0 Å². The number of hydrogen-bond acceptors (Lipinski definition) is 3. The van der Waals surface area contributed by atoms with Crippen LogP contribution in [-0.4, -0.2) is 22.9 Å². The number of carboxylic acid groups (broad SMARTS) is 1. The Morgan fingerprint density at radius 2 is 1.77 bits per heavy atom. The van der Waals surface area contributed by atoms with Gasteiger partial charge in [-0.05, 0) is 29.3 Å². The molecule has 5 heteroatoms. The van der Waals surface area contributed by atoms with E-state index in [1.165, 1.54) is 12.1 Å². The van der Waals surface area contributed by atoms with Crippen molar-refractivity contribution < 1.29 is 19.5 Å². The van der Waals surface area contributed by atoms with E-state index < -0.39 is 17.8 Å². The van der Waals surface area contributed by atoms with Crippen molar-refractivity contribution >= 4 is 29.9 Å². The van der Waals surface area contributed by atoms with Crippen LogP contribution in [0.2, 0.25) is 0 Å². The van der Waals surface area contributed by atoms with Gasteiger partial charge in [-0.3, -0.25) is 14.9 Å². The molecule has 2 N–H and O–H groups in total. The molecule has 0 atom stereocenters. The number of imide groups is 1. The van der Waals surface area contributed by atoms with Gasteiger partial charge in [0.1, 0.15) is 0 Å². The van der Waals surface area contributed by atoms with Crippen molar-refractivity contribution in [1.82, 2.24) is 5.32 Å². The molecule has 3 rings (SSSR count). The quantitative estimate of drug-likeness (QED) is 0.672. The van der Waals surface area contributed by atoms with Crippen LogP contribution in [0.25, 0.3) is 12.2 Å². The minimum atomic E-state index is -0.999. The van der Waals surface area contributed by atoms with Crippen LogP contribution in [0.1, 0.15) is 42.2 Å². The molecular formula is C17H11NO4. The number of benzene rings is 2. The van der Waals surface area contributed by atoms with E-state index in [0.717, 1.165) is 0 Å². The zero-order valence-corrected chi connectivity index (χ0v) is 11.4. The minimum absolute atomic E-state index is 0.188. The van der Waals surface area contributed by atoms with Gasteiger partial charge in [0.05, 0.1) is 16.7 Å². The van der Waals surface area contributed by atoms with Gasteiger partial charge in [0.2, 0.25) is 0 Å². The third-order valence-corrected chi connectivity index (χ3v) is 3.38. The highest BCUT2D eigenvalue weighted by molar-refractivity contribution is 6.23. The molecule has 2 aromatic carbocycles. The molecule has 5 nitrogen and oxygen atoms in total. The predicted molar refractivity (Wildman–Crippen MR) is 80.6 cm³/mol. The molecule has 1 aliphatic rings. The summed E-state index contributed by atoms with van der Waals surface area (Å²) < 4.78 is 0. The van der Waals surface area contributed by atoms with E-state index in [1.807, 2.05) is 0 Å². The van der Waals surface area contributed by atoms with Crippen LogP contribution in [-0.2, 0) is 0 Å². The summed E-state index contributed by atoms with van der Waals surface area (Å²) in [5, 5.41) is 11.2. The molecule has 2 amide bonds. The number of rotatable bonds is 3. The van der Waals surface area contributed by atoms with Crippen molar-refractivity contribution in [2.24, 2.45) is 0 Å². The van der Waals surface area contributed by atoms with Crippen LogP contribution in [0.3, 0.4) is 0 Å². The maximum Gasteiger partial charge on any atom is 0.335 e. The van der Waals surface area contributed by atoms with Crippen molar-refractivity contribution in [2.75, 3.05) is 0 Å². The second-order valence-corrected chi connectivity index (χ2v) is 4.82. The lowest BCUT2D eigenvalue weighted by Crippen LogP contribution is -2.20. The van der Waals surface area contributed by atoms with Gasteiger partial charge in [0, 0.05) is 0 Å². The third-order valence-electron chi connectivity index (χ3n) is 3.38. The first-order valence-electron chi connectivity index (χ1n) is 6.56. The molecule has 0 spiro atoms. The number of carboxylic acids is 1. The number of fused-ring (bicyclic) bond motifs is 1. The molecular weight excluding hydrogens is 282 g/mol. The Labute approximate surface area is 125 Å². The highest BCUT2D eigenvalue weighted by atomic mass is 16.4. The Morgan fingerprint density at radius 1 is 1.00 bits per heavy atom. The summed E-state index contributed by atoms with van der Waals surface area (Å²) >= 11 is 0. The lowest BCUT2D eigenvalue weighted by atomic mass is 10.0. The van der Waals surface area contributed by atoms with Crippen molar-refractivity contribution in [2.45, 2.75) is 0 Å². The Bertz CT molecular complexity index is 836. The van der Waals surface area contributed by atoms with Crippen LogP contribution in [0.5, 0.6) is 0 Å². The zero-order valence-electron chi connectivity index (χ0n) is 11.4. The molecule has 0 saturated carbocycles. The van der Waals surface area contributed by atoms with E-state index >= 15 is 0 Å². The average molecular weight is 293 g/mol. The van der Waals surface area contributed by atoms with Gasteiger partial charge in [-0.15, -0.1) is 0 Å². The van der Waals surface area contributed by atoms with Gasteiger partial charge in [-0.2, -0.15) is 0 Å². The Morgan fingerprint density at radius 3 is 2.55 bits per heavy atom. The lowest BCUT2D eigenvalue weighted by molar-refractivity contribution is 0.0696. The van der Waals surface area contributed by atoms with Gasteiger partial charge in [0.25, 0.3) is 11.8 Å². The maximum absolute atomic E-state index is 11.8. The second kappa shape index (κ2) is 5.29. The SMILES string of the molecule is O=C(O)c1cccc(/C=C/c2cccc3c2C(=O)NC3=O)c1. The van der Waals surface area contributed by atoms with E-state index in [9.17, 15) is 14.4 Å². The molecule has 0 bridgehead atoms. The maximum atomic E-state index is 11.8. The van der Waals surface area contributed by atoms with Crippen LogP contribution in [0.15, 0.2) is 42.5 Å². The van der Waals surface area contributed by atoms with Crippen molar-refractivity contribution in [3.63, 3.8) is 0 Å². The fourth-order valence-corrected chi connectivity index (χ4v) is 2.35. The summed E-state index contributed by atoms with van der Waals surface area (Å²) in [4.78, 5) is 34.4. The van der Waals surface area contributed by atoms with E-state index in [0.29, 0.717) is 22.3 Å². The van der Waals surface area contributed by atoms with Gasteiger partial charge in [-0.1, -0.05) is 36.4 Å². The summed E-state index contributed by atoms with van der Waals surface area (Å²) in [6, 6.07) is 11.5. The predicted octanol–water partition coefficient (Wildman–Crippen LogP) is 2.44. The molecule has 0 radical (unpaired) electrons. The Kier molecular flexibility index (Phi) is 3.31. The summed E-state index contributed by atoms with van der Waals surface area (Å²) in [6.07, 6.45) is 3.40. The number of amides is 2. The first kappa shape index (κ1) is 13.8. The second-order valence-electron chi connectivity index (χ2n) is 4.82. The standard InChI is InChI=1S/C17H11NO4/c19-15-13-6-2-4-11(14(13)16(20)18-15)8-7-10-3-1-5-12(9-10)17(21)22/h1-9H,(H,21,22)(H,18,19,20)/b8-7+. The lowest BCUT2D eigenvalue weighted by Gasteiger charge is -2.01. The normalized spacial score (nSPS) is 13.3. The highest BCUT2D eigenvalue weighted by Crippen LogP contribution is 2.22. The molecule has 22 heavy (non-hydrogen) atoms. The van der Waals surface area contributed by atoms with Crippen LogP contribution in [0, 0.1) is 0 Å². The van der Waals surface area contributed by atoms with Gasteiger partial charge in [-0.25, -0.2) is 4.79 Å². The molecule has 108 valence electrons. The van der Waals surface area contributed by atoms with Crippen LogP contribution in [0.4, 0.5) is 0 Å². The third kappa shape index (κ3) is 2.40. The fourth-order valence-electron chi connectivity index (χ4n) is 2.35. The van der Waals surface area contributed by atoms with Gasteiger partial charge >= 0.3 is 5.97 Å². The van der Waals surface area contributed by atoms with Crippen molar-refractivity contribution in [1.29, 1.82) is 0 Å². The van der Waals surface area contributed by atoms with Crippen molar-refractivity contribution in [3.8, 4) is 0 Å². The zero-order chi connectivity index (χ0) is 15.7. The molecule has 0 aliphatic carbocycles. The van der Waals surface area contributed by atoms with E-state index in [4.69, 9.17) is 5.11 Å². The summed E-state index contributed by atoms with van der Waals surface area (Å²) in [5.41, 5.74) is 2.20. The number of carbonyl (C=O) groups is 3. The number of hydrogen-bond donors (Lipinski definition) is 2. The largest absolute Gasteiger partial charge is 0.478 e. The average Bonchev–Trinajstić information content (AvgIpc) is 2.81. The minimum Gasteiger partial charge on any atom is -0.478 e. The van der Waals surface area contributed by atoms with Gasteiger partial charge < -0.3 is 5.11 Å². The number of aromatic carboxylic acids is 1. The monoisotopic (exact) mass is 293 g/mol. The first-order chi connectivity index (χ1) is 10.6. The number of carbonyl (C=O) groups excluding carboxylic acids is 2. The van der Waals surface area contributed by atoms with Crippen LogP contribution < -0.4 is 5.32 Å². The Balaban J connectivity index is 1.98. The van der Waals surface area contributed by atoms with Crippen molar-refractivity contribution in [3.05, 3.63) is 70.3 Å². The smallest absolute Gasteiger partial charge is 0.335 e. The molecule has 2 aromatic rings. The molecule has 0 saturated heterocycles. The molecule has 0 aromatic heterocycles. The molecule has 0 unspecified atom stereocenters. The molecule has 1 aliphatic heterocycles. The fraction of sp³-hybridized carbons (Fsp3) is 0.